The molecule has 3 rings (SSSR count). The van der Waals surface area contributed by atoms with E-state index in [9.17, 15) is 9.59 Å². The van der Waals surface area contributed by atoms with Gasteiger partial charge in [0.2, 0.25) is 0 Å². The average molecular weight is 407 g/mol. The van der Waals surface area contributed by atoms with Gasteiger partial charge in [-0.15, -0.1) is 22.7 Å². The number of thioether (sulfide) groups is 1. The van der Waals surface area contributed by atoms with Crippen molar-refractivity contribution in [1.82, 2.24) is 9.55 Å². The standard InChI is InChI=1S/C19H22N2O2S3/c1-11(2)21-18(23)16-12(3)13(4)26-17(16)20-19(21)25-10-5-7-14(22)15-8-6-9-24-15/h6,8-9,11H,5,7,10H2,1-4H3. The number of ketones is 1. The second kappa shape index (κ2) is 8.06. The number of carbonyl (C=O) groups is 1. The van der Waals surface area contributed by atoms with E-state index in [-0.39, 0.29) is 17.4 Å². The number of rotatable bonds is 7. The summed E-state index contributed by atoms with van der Waals surface area (Å²) >= 11 is 4.63. The number of nitrogens with zero attached hydrogens (tertiary/aromatic N) is 2. The summed E-state index contributed by atoms with van der Waals surface area (Å²) in [5, 5.41) is 3.42. The highest BCUT2D eigenvalue weighted by Crippen LogP contribution is 2.29. The number of carbonyl (C=O) groups excluding carboxylic acids is 1. The number of Topliss-reactive ketones (excluding diaryl/α,β-unsaturated/α-hetero) is 1. The Labute approximate surface area is 165 Å². The van der Waals surface area contributed by atoms with E-state index in [1.165, 1.54) is 11.3 Å². The van der Waals surface area contributed by atoms with Gasteiger partial charge in [0.1, 0.15) is 4.83 Å². The first-order chi connectivity index (χ1) is 12.4. The minimum Gasteiger partial charge on any atom is -0.293 e. The Kier molecular flexibility index (Phi) is 5.99. The van der Waals surface area contributed by atoms with Crippen molar-refractivity contribution >= 4 is 50.4 Å². The first-order valence-corrected chi connectivity index (χ1v) is 11.3. The monoisotopic (exact) mass is 406 g/mol. The normalized spacial score (nSPS) is 11.6. The van der Waals surface area contributed by atoms with E-state index < -0.39 is 0 Å². The number of hydrogen-bond donors (Lipinski definition) is 0. The molecule has 0 N–H and O–H groups in total. The Morgan fingerprint density at radius 3 is 2.77 bits per heavy atom. The fraction of sp³-hybridized carbons (Fsp3) is 0.421. The highest BCUT2D eigenvalue weighted by molar-refractivity contribution is 7.99. The third kappa shape index (κ3) is 3.80. The molecular formula is C19H22N2O2S3. The van der Waals surface area contributed by atoms with Crippen LogP contribution in [0.2, 0.25) is 0 Å². The molecule has 0 radical (unpaired) electrons. The maximum atomic E-state index is 13.0. The van der Waals surface area contributed by atoms with Crippen LogP contribution in [0.5, 0.6) is 0 Å². The molecule has 0 amide bonds. The molecule has 3 heterocycles. The lowest BCUT2D eigenvalue weighted by atomic mass is 10.2. The van der Waals surface area contributed by atoms with Crippen LogP contribution in [0.3, 0.4) is 0 Å². The smallest absolute Gasteiger partial charge is 0.263 e. The van der Waals surface area contributed by atoms with Gasteiger partial charge in [0.05, 0.1) is 10.3 Å². The lowest BCUT2D eigenvalue weighted by molar-refractivity contribution is 0.0986. The Morgan fingerprint density at radius 1 is 1.35 bits per heavy atom. The summed E-state index contributed by atoms with van der Waals surface area (Å²) < 4.78 is 1.78. The van der Waals surface area contributed by atoms with Gasteiger partial charge in [-0.25, -0.2) is 4.98 Å². The van der Waals surface area contributed by atoms with E-state index in [4.69, 9.17) is 4.98 Å². The van der Waals surface area contributed by atoms with Crippen LogP contribution in [-0.2, 0) is 0 Å². The summed E-state index contributed by atoms with van der Waals surface area (Å²) in [6, 6.07) is 3.82. The van der Waals surface area contributed by atoms with Crippen LogP contribution in [0, 0.1) is 13.8 Å². The molecule has 7 heteroatoms. The zero-order chi connectivity index (χ0) is 18.8. The van der Waals surface area contributed by atoms with Gasteiger partial charge < -0.3 is 0 Å². The summed E-state index contributed by atoms with van der Waals surface area (Å²) in [4.78, 5) is 32.6. The molecule has 0 aliphatic heterocycles. The molecule has 0 aliphatic rings. The molecule has 138 valence electrons. The zero-order valence-electron chi connectivity index (χ0n) is 15.4. The molecule has 0 saturated carbocycles. The Morgan fingerprint density at radius 2 is 2.12 bits per heavy atom. The molecule has 3 aromatic heterocycles. The third-order valence-electron chi connectivity index (χ3n) is 4.29. The van der Waals surface area contributed by atoms with E-state index in [0.717, 1.165) is 42.9 Å². The third-order valence-corrected chi connectivity index (χ3v) is 7.35. The van der Waals surface area contributed by atoms with Gasteiger partial charge in [-0.05, 0) is 51.1 Å². The van der Waals surface area contributed by atoms with Crippen LogP contribution in [0.15, 0.2) is 27.5 Å². The van der Waals surface area contributed by atoms with Gasteiger partial charge >= 0.3 is 0 Å². The summed E-state index contributed by atoms with van der Waals surface area (Å²) in [5.41, 5.74) is 1.08. The highest BCUT2D eigenvalue weighted by atomic mass is 32.2. The molecule has 0 aliphatic carbocycles. The predicted molar refractivity (Wildman–Crippen MR) is 112 cm³/mol. The first-order valence-electron chi connectivity index (χ1n) is 8.62. The molecule has 3 aromatic rings. The Bertz CT molecular complexity index is 985. The van der Waals surface area contributed by atoms with Gasteiger partial charge in [0, 0.05) is 23.1 Å². The lowest BCUT2D eigenvalue weighted by Crippen LogP contribution is -2.25. The zero-order valence-corrected chi connectivity index (χ0v) is 17.8. The quantitative estimate of drug-likeness (QED) is 0.226. The number of thiophene rings is 2. The van der Waals surface area contributed by atoms with Crippen LogP contribution < -0.4 is 5.56 Å². The van der Waals surface area contributed by atoms with Crippen molar-refractivity contribution in [1.29, 1.82) is 0 Å². The number of fused-ring (bicyclic) bond motifs is 1. The molecular weight excluding hydrogens is 384 g/mol. The van der Waals surface area contributed by atoms with Crippen molar-refractivity contribution in [3.8, 4) is 0 Å². The Hall–Kier alpha value is -1.44. The highest BCUT2D eigenvalue weighted by Gasteiger charge is 2.18. The molecule has 4 nitrogen and oxygen atoms in total. The minimum atomic E-state index is 0.0454. The van der Waals surface area contributed by atoms with Gasteiger partial charge in [-0.1, -0.05) is 17.8 Å². The first kappa shape index (κ1) is 19.3. The largest absolute Gasteiger partial charge is 0.293 e. The van der Waals surface area contributed by atoms with Crippen LogP contribution in [0.1, 0.15) is 52.8 Å². The summed E-state index contributed by atoms with van der Waals surface area (Å²) in [6.07, 6.45) is 1.30. The van der Waals surface area contributed by atoms with Gasteiger partial charge in [0.25, 0.3) is 5.56 Å². The van der Waals surface area contributed by atoms with Crippen LogP contribution >= 0.6 is 34.4 Å². The summed E-state index contributed by atoms with van der Waals surface area (Å²) in [6.45, 7) is 8.04. The minimum absolute atomic E-state index is 0.0454. The fourth-order valence-electron chi connectivity index (χ4n) is 2.80. The fourth-order valence-corrected chi connectivity index (χ4v) is 5.63. The molecule has 0 unspecified atom stereocenters. The van der Waals surface area contributed by atoms with Crippen molar-refractivity contribution < 1.29 is 4.79 Å². The van der Waals surface area contributed by atoms with Crippen LogP contribution in [0.4, 0.5) is 0 Å². The molecule has 0 saturated heterocycles. The maximum Gasteiger partial charge on any atom is 0.263 e. The predicted octanol–water partition coefficient (Wildman–Crippen LogP) is 5.47. The topological polar surface area (TPSA) is 52.0 Å². The molecule has 0 fully saturated rings. The van der Waals surface area contributed by atoms with Crippen molar-refractivity contribution in [3.63, 3.8) is 0 Å². The number of aromatic nitrogens is 2. The Balaban J connectivity index is 1.78. The van der Waals surface area contributed by atoms with Crippen molar-refractivity contribution in [2.75, 3.05) is 5.75 Å². The van der Waals surface area contributed by atoms with Crippen molar-refractivity contribution in [3.05, 3.63) is 43.2 Å². The lowest BCUT2D eigenvalue weighted by Gasteiger charge is -2.15. The maximum absolute atomic E-state index is 13.0. The molecule has 0 bridgehead atoms. The van der Waals surface area contributed by atoms with E-state index >= 15 is 0 Å². The molecule has 0 aromatic carbocycles. The molecule has 0 atom stereocenters. The summed E-state index contributed by atoms with van der Waals surface area (Å²) in [7, 11) is 0. The SMILES string of the molecule is Cc1sc2nc(SCCCC(=O)c3cccs3)n(C(C)C)c(=O)c2c1C. The molecule has 26 heavy (non-hydrogen) atoms. The van der Waals surface area contributed by atoms with Crippen LogP contribution in [0.25, 0.3) is 10.2 Å². The molecule has 0 spiro atoms. The van der Waals surface area contributed by atoms with E-state index in [2.05, 4.69) is 0 Å². The van der Waals surface area contributed by atoms with Crippen molar-refractivity contribution in [2.24, 2.45) is 0 Å². The van der Waals surface area contributed by atoms with E-state index in [1.807, 2.05) is 45.2 Å². The van der Waals surface area contributed by atoms with Gasteiger partial charge in [-0.3, -0.25) is 14.2 Å². The van der Waals surface area contributed by atoms with Gasteiger partial charge in [-0.2, -0.15) is 0 Å². The van der Waals surface area contributed by atoms with Crippen LogP contribution in [-0.4, -0.2) is 21.1 Å². The number of hydrogen-bond acceptors (Lipinski definition) is 6. The second-order valence-electron chi connectivity index (χ2n) is 6.48. The van der Waals surface area contributed by atoms with E-state index in [0.29, 0.717) is 6.42 Å². The van der Waals surface area contributed by atoms with E-state index in [1.54, 1.807) is 27.7 Å². The van der Waals surface area contributed by atoms with Gasteiger partial charge in [0.15, 0.2) is 10.9 Å². The average Bonchev–Trinajstić information content (AvgIpc) is 3.20. The second-order valence-corrected chi connectivity index (χ2v) is 9.69. The summed E-state index contributed by atoms with van der Waals surface area (Å²) in [5.74, 6) is 0.959. The number of aryl methyl sites for hydroxylation is 2. The van der Waals surface area contributed by atoms with Crippen molar-refractivity contribution in [2.45, 2.75) is 51.7 Å².